The molecule has 2 rings (SSSR count). The number of phenols is 2. The molecular formula is C15H21NO4. The Morgan fingerprint density at radius 1 is 1.35 bits per heavy atom. The molecule has 1 heterocycles. The lowest BCUT2D eigenvalue weighted by atomic mass is 9.92. The molecule has 1 aliphatic rings. The van der Waals surface area contributed by atoms with Gasteiger partial charge >= 0.3 is 0 Å². The number of carbonyl (C=O) groups excluding carboxylic acids is 1. The quantitative estimate of drug-likeness (QED) is 0.624. The Labute approximate surface area is 118 Å². The molecule has 0 spiro atoms. The van der Waals surface area contributed by atoms with Gasteiger partial charge in [0, 0.05) is 5.97 Å². The number of phenolic OH excluding ortho intramolecular Hbond substituents is 2. The fraction of sp³-hybridized carbons (Fsp3) is 0.533. The van der Waals surface area contributed by atoms with Crippen LogP contribution in [0.1, 0.15) is 24.8 Å². The summed E-state index contributed by atoms with van der Waals surface area (Å²) in [7, 11) is 2.10. The fourth-order valence-corrected chi connectivity index (χ4v) is 2.96. The van der Waals surface area contributed by atoms with Crippen molar-refractivity contribution in [3.8, 4) is 11.5 Å². The van der Waals surface area contributed by atoms with Crippen molar-refractivity contribution < 1.29 is 24.6 Å². The van der Waals surface area contributed by atoms with E-state index in [-0.39, 0.29) is 23.8 Å². The number of carbonyl (C=O) groups is 1. The molecule has 0 aromatic heterocycles. The zero-order chi connectivity index (χ0) is 14.8. The van der Waals surface area contributed by atoms with Gasteiger partial charge in [0.2, 0.25) is 0 Å². The molecule has 0 saturated carbocycles. The maximum atomic E-state index is 10.6. The average molecular weight is 279 g/mol. The predicted octanol–water partition coefficient (Wildman–Crippen LogP) is 0.594. The number of quaternary nitrogens is 1. The van der Waals surface area contributed by atoms with E-state index in [2.05, 4.69) is 7.05 Å². The first-order chi connectivity index (χ1) is 9.39. The van der Waals surface area contributed by atoms with Gasteiger partial charge in [0.05, 0.1) is 25.7 Å². The first-order valence-electron chi connectivity index (χ1n) is 6.93. The van der Waals surface area contributed by atoms with Crippen molar-refractivity contribution in [2.75, 3.05) is 20.1 Å². The van der Waals surface area contributed by atoms with Gasteiger partial charge in [-0.05, 0) is 37.3 Å². The van der Waals surface area contributed by atoms with E-state index in [4.69, 9.17) is 0 Å². The monoisotopic (exact) mass is 279 g/mol. The number of rotatable bonds is 4. The minimum Gasteiger partial charge on any atom is -0.550 e. The van der Waals surface area contributed by atoms with Crippen LogP contribution in [0.4, 0.5) is 0 Å². The lowest BCUT2D eigenvalue weighted by Crippen LogP contribution is -2.49. The van der Waals surface area contributed by atoms with Crippen molar-refractivity contribution in [1.82, 2.24) is 0 Å². The van der Waals surface area contributed by atoms with E-state index in [1.807, 2.05) is 6.07 Å². The lowest BCUT2D eigenvalue weighted by Gasteiger charge is -2.41. The molecule has 2 N–H and O–H groups in total. The third-order valence-electron chi connectivity index (χ3n) is 4.26. The predicted molar refractivity (Wildman–Crippen MR) is 71.7 cm³/mol. The summed E-state index contributed by atoms with van der Waals surface area (Å²) in [6.07, 6.45) is 1.84. The Bertz CT molecular complexity index is 493. The summed E-state index contributed by atoms with van der Waals surface area (Å²) < 4.78 is 0.751. The number of aromatic hydroxyl groups is 2. The van der Waals surface area contributed by atoms with Crippen molar-refractivity contribution in [2.24, 2.45) is 5.92 Å². The van der Waals surface area contributed by atoms with Crippen LogP contribution >= 0.6 is 0 Å². The lowest BCUT2D eigenvalue weighted by molar-refractivity contribution is -0.928. The molecular weight excluding hydrogens is 258 g/mol. The van der Waals surface area contributed by atoms with Gasteiger partial charge < -0.3 is 24.6 Å². The highest BCUT2D eigenvalue weighted by molar-refractivity contribution is 5.64. The van der Waals surface area contributed by atoms with Gasteiger partial charge in [-0.1, -0.05) is 6.07 Å². The zero-order valence-corrected chi connectivity index (χ0v) is 11.7. The van der Waals surface area contributed by atoms with Crippen LogP contribution in [0.3, 0.4) is 0 Å². The van der Waals surface area contributed by atoms with Crippen molar-refractivity contribution in [3.05, 3.63) is 23.8 Å². The highest BCUT2D eigenvalue weighted by atomic mass is 16.4. The molecule has 0 unspecified atom stereocenters. The number of carboxylic acid groups (broad SMARTS) is 1. The van der Waals surface area contributed by atoms with Gasteiger partial charge in [0.1, 0.15) is 6.54 Å². The van der Waals surface area contributed by atoms with Gasteiger partial charge in [0.25, 0.3) is 0 Å². The minimum absolute atomic E-state index is 0.0521. The van der Waals surface area contributed by atoms with Crippen LogP contribution in [0.15, 0.2) is 18.2 Å². The van der Waals surface area contributed by atoms with E-state index >= 15 is 0 Å². The van der Waals surface area contributed by atoms with Gasteiger partial charge in [-0.3, -0.25) is 0 Å². The second-order valence-electron chi connectivity index (χ2n) is 6.03. The molecule has 5 nitrogen and oxygen atoms in total. The number of hydrogen-bond acceptors (Lipinski definition) is 4. The van der Waals surface area contributed by atoms with Crippen LogP contribution in [0.2, 0.25) is 0 Å². The second-order valence-corrected chi connectivity index (χ2v) is 6.03. The van der Waals surface area contributed by atoms with Crippen molar-refractivity contribution in [2.45, 2.75) is 25.8 Å². The number of aliphatic carboxylic acids is 1. The maximum Gasteiger partial charge on any atom is 0.166 e. The Kier molecular flexibility index (Phi) is 4.18. The summed E-state index contributed by atoms with van der Waals surface area (Å²) in [6, 6.07) is 5.00. The van der Waals surface area contributed by atoms with Crippen molar-refractivity contribution >= 4 is 5.97 Å². The van der Waals surface area contributed by atoms with Gasteiger partial charge in [-0.15, -0.1) is 0 Å². The third kappa shape index (κ3) is 3.42. The summed E-state index contributed by atoms with van der Waals surface area (Å²) >= 11 is 0. The van der Waals surface area contributed by atoms with E-state index in [1.165, 1.54) is 6.07 Å². The standard InChI is InChI=1S/C15H21NO4/c1-16(7-5-11(6-8-16)9-14(18)19)10-12-3-2-4-13(17)15(12)20/h2-4,11H,5-10H2,1H3,(H2-,17,18,19,20). The Morgan fingerprint density at radius 2 is 2.00 bits per heavy atom. The molecule has 1 aromatic rings. The van der Waals surface area contributed by atoms with Crippen molar-refractivity contribution in [3.63, 3.8) is 0 Å². The first-order valence-corrected chi connectivity index (χ1v) is 6.93. The van der Waals surface area contributed by atoms with Crippen LogP contribution in [-0.2, 0) is 11.3 Å². The Morgan fingerprint density at radius 3 is 2.60 bits per heavy atom. The maximum absolute atomic E-state index is 10.6. The molecule has 1 aliphatic heterocycles. The summed E-state index contributed by atoms with van der Waals surface area (Å²) in [5.74, 6) is -0.926. The molecule has 0 amide bonds. The van der Waals surface area contributed by atoms with Crippen LogP contribution in [0.5, 0.6) is 11.5 Å². The molecule has 0 bridgehead atoms. The van der Waals surface area contributed by atoms with E-state index in [0.717, 1.165) is 36.0 Å². The van der Waals surface area contributed by atoms with Crippen LogP contribution < -0.4 is 5.11 Å². The SMILES string of the molecule is C[N+]1(Cc2cccc(O)c2O)CCC(CC(=O)[O-])CC1. The summed E-state index contributed by atoms with van der Waals surface area (Å²) in [6.45, 7) is 2.37. The van der Waals surface area contributed by atoms with Crippen LogP contribution in [-0.4, -0.2) is 40.8 Å². The highest BCUT2D eigenvalue weighted by Gasteiger charge is 2.31. The Hall–Kier alpha value is -1.75. The largest absolute Gasteiger partial charge is 0.550 e. The average Bonchev–Trinajstić information content (AvgIpc) is 2.38. The molecule has 5 heteroatoms. The van der Waals surface area contributed by atoms with Gasteiger partial charge in [0.15, 0.2) is 11.5 Å². The number of piperidine rings is 1. The minimum atomic E-state index is -0.975. The highest BCUT2D eigenvalue weighted by Crippen LogP contribution is 2.32. The Balaban J connectivity index is 2.00. The number of para-hydroxylation sites is 1. The van der Waals surface area contributed by atoms with E-state index < -0.39 is 5.97 Å². The molecule has 20 heavy (non-hydrogen) atoms. The van der Waals surface area contributed by atoms with Gasteiger partial charge in [-0.25, -0.2) is 0 Å². The smallest absolute Gasteiger partial charge is 0.166 e. The summed E-state index contributed by atoms with van der Waals surface area (Å²) in [5.41, 5.74) is 0.728. The van der Waals surface area contributed by atoms with E-state index in [0.29, 0.717) is 6.54 Å². The fourth-order valence-electron chi connectivity index (χ4n) is 2.96. The number of nitrogens with zero attached hydrogens (tertiary/aromatic N) is 1. The summed E-state index contributed by atoms with van der Waals surface area (Å²) in [5, 5.41) is 30.0. The second kappa shape index (κ2) is 5.71. The summed E-state index contributed by atoms with van der Waals surface area (Å²) in [4.78, 5) is 10.6. The molecule has 1 saturated heterocycles. The van der Waals surface area contributed by atoms with Crippen LogP contribution in [0.25, 0.3) is 0 Å². The number of hydrogen-bond donors (Lipinski definition) is 2. The molecule has 0 aliphatic carbocycles. The van der Waals surface area contributed by atoms with Gasteiger partial charge in [-0.2, -0.15) is 0 Å². The molecule has 110 valence electrons. The van der Waals surface area contributed by atoms with Crippen LogP contribution in [0, 0.1) is 5.92 Å². The zero-order valence-electron chi connectivity index (χ0n) is 11.7. The first kappa shape index (κ1) is 14.7. The molecule has 1 aromatic carbocycles. The topological polar surface area (TPSA) is 80.6 Å². The number of carboxylic acids is 1. The number of benzene rings is 1. The van der Waals surface area contributed by atoms with E-state index in [1.54, 1.807) is 6.07 Å². The molecule has 0 atom stereocenters. The van der Waals surface area contributed by atoms with E-state index in [9.17, 15) is 20.1 Å². The normalized spacial score (nSPS) is 26.4. The van der Waals surface area contributed by atoms with Crippen molar-refractivity contribution in [1.29, 1.82) is 0 Å². The number of likely N-dealkylation sites (tertiary alicyclic amines) is 1. The molecule has 0 radical (unpaired) electrons. The third-order valence-corrected chi connectivity index (χ3v) is 4.26. The molecule has 1 fully saturated rings.